The van der Waals surface area contributed by atoms with E-state index in [0.717, 1.165) is 11.8 Å². The molecule has 10 nitrogen and oxygen atoms in total. The summed E-state index contributed by atoms with van der Waals surface area (Å²) in [5, 5.41) is 18.8. The molecule has 0 saturated carbocycles. The van der Waals surface area contributed by atoms with E-state index >= 15 is 0 Å². The van der Waals surface area contributed by atoms with Crippen LogP contribution in [0.15, 0.2) is 49.7 Å². The van der Waals surface area contributed by atoms with Gasteiger partial charge in [-0.2, -0.15) is 0 Å². The van der Waals surface area contributed by atoms with Gasteiger partial charge in [0, 0.05) is 34.2 Å². The highest BCUT2D eigenvalue weighted by Crippen LogP contribution is 2.34. The van der Waals surface area contributed by atoms with Crippen LogP contribution in [-0.4, -0.2) is 33.5 Å². The molecule has 1 N–H and O–H groups in total. The van der Waals surface area contributed by atoms with Crippen LogP contribution in [0.25, 0.3) is 0 Å². The lowest BCUT2D eigenvalue weighted by molar-refractivity contribution is -0.384. The van der Waals surface area contributed by atoms with Crippen LogP contribution in [-0.2, 0) is 9.53 Å². The summed E-state index contributed by atoms with van der Waals surface area (Å²) in [6.07, 6.45) is 1.27. The number of thiazole rings is 1. The number of benzene rings is 1. The van der Waals surface area contributed by atoms with Gasteiger partial charge in [0.15, 0.2) is 16.8 Å². The van der Waals surface area contributed by atoms with E-state index in [0.29, 0.717) is 9.24 Å². The van der Waals surface area contributed by atoms with Crippen molar-refractivity contribution in [3.8, 4) is 0 Å². The van der Waals surface area contributed by atoms with Crippen molar-refractivity contribution in [2.75, 3.05) is 11.9 Å². The molecule has 2 heterocycles. The SMILES string of the molecule is Cc1csc(Sc2ccc([N+](=O)[O-])cc2C(=O)OCC(=O)Nc2ccon2)n1. The van der Waals surface area contributed by atoms with Crippen molar-refractivity contribution in [2.45, 2.75) is 16.2 Å². The highest BCUT2D eigenvalue weighted by atomic mass is 32.2. The lowest BCUT2D eigenvalue weighted by Gasteiger charge is -2.08. The molecule has 0 spiro atoms. The second-order valence-electron chi connectivity index (χ2n) is 5.30. The fraction of sp³-hybridized carbons (Fsp3) is 0.125. The molecular weight excluding hydrogens is 408 g/mol. The van der Waals surface area contributed by atoms with Crippen LogP contribution >= 0.6 is 23.1 Å². The Morgan fingerprint density at radius 2 is 2.21 bits per heavy atom. The number of hydrogen-bond acceptors (Lipinski definition) is 10. The minimum absolute atomic E-state index is 0.0266. The van der Waals surface area contributed by atoms with Crippen molar-refractivity contribution < 1.29 is 23.8 Å². The van der Waals surface area contributed by atoms with Crippen LogP contribution < -0.4 is 5.32 Å². The number of nitrogens with one attached hydrogen (secondary N) is 1. The zero-order valence-electron chi connectivity index (χ0n) is 14.3. The Morgan fingerprint density at radius 3 is 2.86 bits per heavy atom. The molecule has 0 atom stereocenters. The first-order chi connectivity index (χ1) is 13.4. The number of aryl methyl sites for hydroxylation is 1. The largest absolute Gasteiger partial charge is 0.452 e. The number of carbonyl (C=O) groups is 2. The van der Waals surface area contributed by atoms with E-state index in [-0.39, 0.29) is 17.1 Å². The van der Waals surface area contributed by atoms with E-state index in [1.54, 1.807) is 0 Å². The van der Waals surface area contributed by atoms with Gasteiger partial charge in [-0.15, -0.1) is 11.3 Å². The van der Waals surface area contributed by atoms with E-state index in [2.05, 4.69) is 20.0 Å². The molecule has 0 radical (unpaired) electrons. The highest BCUT2D eigenvalue weighted by molar-refractivity contribution is 8.01. The number of ether oxygens (including phenoxy) is 1. The molecule has 1 amide bonds. The van der Waals surface area contributed by atoms with Crippen molar-refractivity contribution in [3.63, 3.8) is 0 Å². The molecule has 0 aliphatic carbocycles. The van der Waals surface area contributed by atoms with Crippen molar-refractivity contribution in [3.05, 3.63) is 57.3 Å². The zero-order valence-corrected chi connectivity index (χ0v) is 15.9. The van der Waals surface area contributed by atoms with Gasteiger partial charge in [-0.05, 0) is 13.0 Å². The standard InChI is InChI=1S/C16H12N4O6S2/c1-9-8-27-16(17-9)28-12-3-2-10(20(23)24)6-11(12)15(22)25-7-14(21)18-13-4-5-26-19-13/h2-6,8H,7H2,1H3,(H,18,19,21). The number of anilines is 1. The molecule has 12 heteroatoms. The first-order valence-electron chi connectivity index (χ1n) is 7.68. The second-order valence-corrected chi connectivity index (χ2v) is 7.45. The maximum Gasteiger partial charge on any atom is 0.340 e. The van der Waals surface area contributed by atoms with Crippen LogP contribution in [0.3, 0.4) is 0 Å². The van der Waals surface area contributed by atoms with Gasteiger partial charge < -0.3 is 14.6 Å². The Hall–Kier alpha value is -3.25. The van der Waals surface area contributed by atoms with Crippen LogP contribution in [0.2, 0.25) is 0 Å². The van der Waals surface area contributed by atoms with Crippen LogP contribution in [0.5, 0.6) is 0 Å². The molecule has 28 heavy (non-hydrogen) atoms. The third kappa shape index (κ3) is 4.92. The zero-order chi connectivity index (χ0) is 20.1. The fourth-order valence-corrected chi connectivity index (χ4v) is 3.91. The fourth-order valence-electron chi connectivity index (χ4n) is 2.02. The van der Waals surface area contributed by atoms with E-state index in [4.69, 9.17) is 4.74 Å². The summed E-state index contributed by atoms with van der Waals surface area (Å²) in [6, 6.07) is 5.27. The number of non-ortho nitro benzene ring substituents is 1. The minimum atomic E-state index is -0.866. The molecular formula is C16H12N4O6S2. The number of nitro benzene ring substituents is 1. The Balaban J connectivity index is 1.75. The van der Waals surface area contributed by atoms with Gasteiger partial charge in [0.25, 0.3) is 11.6 Å². The van der Waals surface area contributed by atoms with E-state index < -0.39 is 23.4 Å². The van der Waals surface area contributed by atoms with Crippen molar-refractivity contribution >= 4 is 46.5 Å². The van der Waals surface area contributed by atoms with Crippen molar-refractivity contribution in [1.82, 2.24) is 10.1 Å². The van der Waals surface area contributed by atoms with Gasteiger partial charge >= 0.3 is 5.97 Å². The Kier molecular flexibility index (Phi) is 6.01. The first-order valence-corrected chi connectivity index (χ1v) is 9.38. The summed E-state index contributed by atoms with van der Waals surface area (Å²) in [7, 11) is 0. The van der Waals surface area contributed by atoms with Gasteiger partial charge in [-0.25, -0.2) is 9.78 Å². The van der Waals surface area contributed by atoms with E-state index in [1.807, 2.05) is 12.3 Å². The predicted molar refractivity (Wildman–Crippen MR) is 99.5 cm³/mol. The maximum absolute atomic E-state index is 12.5. The van der Waals surface area contributed by atoms with Crippen LogP contribution in [0.4, 0.5) is 11.5 Å². The normalized spacial score (nSPS) is 10.5. The van der Waals surface area contributed by atoms with Gasteiger partial charge in [0.1, 0.15) is 6.26 Å². The lowest BCUT2D eigenvalue weighted by atomic mass is 10.2. The van der Waals surface area contributed by atoms with Gasteiger partial charge in [-0.1, -0.05) is 16.9 Å². The van der Waals surface area contributed by atoms with Crippen molar-refractivity contribution in [2.24, 2.45) is 0 Å². The number of amides is 1. The average Bonchev–Trinajstić information content (AvgIpc) is 3.31. The van der Waals surface area contributed by atoms with Gasteiger partial charge in [0.2, 0.25) is 0 Å². The summed E-state index contributed by atoms with van der Waals surface area (Å²) < 4.78 is 10.2. The maximum atomic E-state index is 12.5. The number of esters is 1. The highest BCUT2D eigenvalue weighted by Gasteiger charge is 2.20. The Morgan fingerprint density at radius 1 is 1.39 bits per heavy atom. The number of hydrogen-bond donors (Lipinski definition) is 1. The summed E-state index contributed by atoms with van der Waals surface area (Å²) in [4.78, 5) is 39.4. The molecule has 3 aromatic rings. The molecule has 3 rings (SSSR count). The lowest BCUT2D eigenvalue weighted by Crippen LogP contribution is -2.21. The monoisotopic (exact) mass is 420 g/mol. The first kappa shape index (κ1) is 19.5. The average molecular weight is 420 g/mol. The van der Waals surface area contributed by atoms with E-state index in [9.17, 15) is 19.7 Å². The molecule has 0 aliphatic rings. The van der Waals surface area contributed by atoms with Crippen LogP contribution in [0, 0.1) is 17.0 Å². The molecule has 0 aliphatic heterocycles. The quantitative estimate of drug-likeness (QED) is 0.346. The minimum Gasteiger partial charge on any atom is -0.452 e. The second kappa shape index (κ2) is 8.63. The molecule has 0 unspecified atom stereocenters. The van der Waals surface area contributed by atoms with Gasteiger partial charge in [-0.3, -0.25) is 14.9 Å². The summed E-state index contributed by atoms with van der Waals surface area (Å²) in [5.41, 5.74) is 0.531. The molecule has 2 aromatic heterocycles. The van der Waals surface area contributed by atoms with Crippen LogP contribution in [0.1, 0.15) is 16.1 Å². The number of nitro groups is 1. The number of nitrogens with zero attached hydrogens (tertiary/aromatic N) is 3. The Labute approximate surface area is 166 Å². The predicted octanol–water partition coefficient (Wildman–Crippen LogP) is 3.29. The summed E-state index contributed by atoms with van der Waals surface area (Å²) in [6.45, 7) is 1.24. The molecule has 0 fully saturated rings. The van der Waals surface area contributed by atoms with Crippen molar-refractivity contribution in [1.29, 1.82) is 0 Å². The molecule has 0 saturated heterocycles. The number of aromatic nitrogens is 2. The Bertz CT molecular complexity index is 1020. The third-order valence-electron chi connectivity index (χ3n) is 3.23. The topological polar surface area (TPSA) is 137 Å². The molecule has 1 aromatic carbocycles. The molecule has 0 bridgehead atoms. The smallest absolute Gasteiger partial charge is 0.340 e. The number of carbonyl (C=O) groups excluding carboxylic acids is 2. The number of rotatable bonds is 7. The van der Waals surface area contributed by atoms with E-state index in [1.165, 1.54) is 47.6 Å². The summed E-state index contributed by atoms with van der Waals surface area (Å²) >= 11 is 2.56. The van der Waals surface area contributed by atoms with Gasteiger partial charge in [0.05, 0.1) is 10.5 Å². The molecule has 144 valence electrons. The summed E-state index contributed by atoms with van der Waals surface area (Å²) in [5.74, 6) is -1.32. The third-order valence-corrected chi connectivity index (χ3v) is 5.36.